The van der Waals surface area contributed by atoms with Crippen LogP contribution in [0.1, 0.15) is 25.8 Å². The zero-order valence-electron chi connectivity index (χ0n) is 13.0. The van der Waals surface area contributed by atoms with Crippen LogP contribution in [-0.4, -0.2) is 35.0 Å². The summed E-state index contributed by atoms with van der Waals surface area (Å²) in [5.74, 6) is 0. The fourth-order valence-corrected chi connectivity index (χ4v) is 3.00. The van der Waals surface area contributed by atoms with Crippen LogP contribution in [0.15, 0.2) is 30.5 Å². The molecule has 2 aromatic rings. The van der Waals surface area contributed by atoms with E-state index < -0.39 is 6.03 Å². The van der Waals surface area contributed by atoms with Crippen molar-refractivity contribution in [1.82, 2.24) is 9.88 Å². The highest BCUT2D eigenvalue weighted by molar-refractivity contribution is 5.97. The summed E-state index contributed by atoms with van der Waals surface area (Å²) in [6, 6.07) is 5.83. The van der Waals surface area contributed by atoms with Crippen molar-refractivity contribution in [2.24, 2.45) is 5.73 Å². The lowest BCUT2D eigenvalue weighted by atomic mass is 9.98. The standard InChI is InChI=1S/C17H22N4O/c1-11(2)21-7-5-12(6-8-21)15-10-19-16-4-3-13(9-14(15)16)20-17(18)22/h3-5,9-11,19H,6-8H2,1-2H3,(H3,18,20,22). The minimum atomic E-state index is -0.541. The number of H-pyrrole nitrogens is 1. The van der Waals surface area contributed by atoms with Gasteiger partial charge in [-0.1, -0.05) is 6.08 Å². The smallest absolute Gasteiger partial charge is 0.316 e. The van der Waals surface area contributed by atoms with E-state index in [1.807, 2.05) is 18.2 Å². The fourth-order valence-electron chi connectivity index (χ4n) is 3.00. The maximum atomic E-state index is 11.0. The Kier molecular flexibility index (Phi) is 3.90. The molecule has 0 atom stereocenters. The number of hydrogen-bond donors (Lipinski definition) is 3. The number of fused-ring (bicyclic) bond motifs is 1. The third kappa shape index (κ3) is 2.85. The highest BCUT2D eigenvalue weighted by Gasteiger charge is 2.17. The fraction of sp³-hybridized carbons (Fsp3) is 0.353. The van der Waals surface area contributed by atoms with Gasteiger partial charge in [0, 0.05) is 47.5 Å². The first-order valence-electron chi connectivity index (χ1n) is 7.65. The van der Waals surface area contributed by atoms with Gasteiger partial charge in [0.25, 0.3) is 0 Å². The molecular weight excluding hydrogens is 276 g/mol. The van der Waals surface area contributed by atoms with Gasteiger partial charge in [-0.05, 0) is 44.0 Å². The number of amides is 2. The van der Waals surface area contributed by atoms with Gasteiger partial charge in [-0.2, -0.15) is 0 Å². The van der Waals surface area contributed by atoms with Crippen molar-refractivity contribution in [1.29, 1.82) is 0 Å². The Morgan fingerprint density at radius 2 is 2.23 bits per heavy atom. The van der Waals surface area contributed by atoms with Gasteiger partial charge < -0.3 is 16.0 Å². The van der Waals surface area contributed by atoms with Gasteiger partial charge in [0.15, 0.2) is 0 Å². The molecule has 0 saturated carbocycles. The Morgan fingerprint density at radius 3 is 2.86 bits per heavy atom. The van der Waals surface area contributed by atoms with E-state index >= 15 is 0 Å². The summed E-state index contributed by atoms with van der Waals surface area (Å²) in [5.41, 5.74) is 9.56. The van der Waals surface area contributed by atoms with Crippen LogP contribution in [0.5, 0.6) is 0 Å². The number of benzene rings is 1. The van der Waals surface area contributed by atoms with Crippen molar-refractivity contribution in [2.75, 3.05) is 18.4 Å². The van der Waals surface area contributed by atoms with E-state index in [1.54, 1.807) is 0 Å². The lowest BCUT2D eigenvalue weighted by Crippen LogP contribution is -2.34. The molecular formula is C17H22N4O. The maximum Gasteiger partial charge on any atom is 0.316 e. The SMILES string of the molecule is CC(C)N1CC=C(c2c[nH]c3ccc(NC(N)=O)cc23)CC1. The minimum Gasteiger partial charge on any atom is -0.361 e. The van der Waals surface area contributed by atoms with E-state index in [2.05, 4.69) is 41.3 Å². The van der Waals surface area contributed by atoms with Gasteiger partial charge in [-0.25, -0.2) is 4.79 Å². The van der Waals surface area contributed by atoms with Gasteiger partial charge in [0.1, 0.15) is 0 Å². The number of carbonyl (C=O) groups is 1. The van der Waals surface area contributed by atoms with Crippen molar-refractivity contribution in [3.8, 4) is 0 Å². The molecule has 116 valence electrons. The van der Waals surface area contributed by atoms with Gasteiger partial charge in [-0.3, -0.25) is 4.90 Å². The quantitative estimate of drug-likeness (QED) is 0.814. The average molecular weight is 298 g/mol. The average Bonchev–Trinajstić information content (AvgIpc) is 2.90. The zero-order valence-corrected chi connectivity index (χ0v) is 13.0. The highest BCUT2D eigenvalue weighted by Crippen LogP contribution is 2.31. The Morgan fingerprint density at radius 1 is 1.41 bits per heavy atom. The van der Waals surface area contributed by atoms with Crippen molar-refractivity contribution in [3.63, 3.8) is 0 Å². The molecule has 1 aromatic carbocycles. The molecule has 5 heteroatoms. The van der Waals surface area contributed by atoms with Crippen LogP contribution >= 0.6 is 0 Å². The zero-order chi connectivity index (χ0) is 15.7. The van der Waals surface area contributed by atoms with E-state index in [-0.39, 0.29) is 0 Å². The first-order valence-corrected chi connectivity index (χ1v) is 7.65. The van der Waals surface area contributed by atoms with E-state index in [0.29, 0.717) is 6.04 Å². The molecule has 0 saturated heterocycles. The summed E-state index contributed by atoms with van der Waals surface area (Å²) in [7, 11) is 0. The first kappa shape index (κ1) is 14.7. The van der Waals surface area contributed by atoms with Gasteiger partial charge in [0.2, 0.25) is 0 Å². The van der Waals surface area contributed by atoms with Crippen molar-refractivity contribution in [3.05, 3.63) is 36.0 Å². The molecule has 5 nitrogen and oxygen atoms in total. The molecule has 0 radical (unpaired) electrons. The summed E-state index contributed by atoms with van der Waals surface area (Å²) in [6.07, 6.45) is 5.40. The van der Waals surface area contributed by atoms with Crippen LogP contribution in [0.2, 0.25) is 0 Å². The Bertz CT molecular complexity index is 729. The molecule has 1 aliphatic heterocycles. The number of rotatable bonds is 3. The van der Waals surface area contributed by atoms with Crippen molar-refractivity contribution >= 4 is 28.2 Å². The van der Waals surface area contributed by atoms with Crippen LogP contribution in [-0.2, 0) is 0 Å². The molecule has 0 bridgehead atoms. The number of hydrogen-bond acceptors (Lipinski definition) is 2. The van der Waals surface area contributed by atoms with Gasteiger partial charge >= 0.3 is 6.03 Å². The molecule has 1 aromatic heterocycles. The topological polar surface area (TPSA) is 74.2 Å². The molecule has 0 fully saturated rings. The Balaban J connectivity index is 1.92. The number of primary amides is 1. The third-order valence-electron chi connectivity index (χ3n) is 4.27. The summed E-state index contributed by atoms with van der Waals surface area (Å²) in [4.78, 5) is 16.8. The third-order valence-corrected chi connectivity index (χ3v) is 4.27. The van der Waals surface area contributed by atoms with Crippen LogP contribution in [0.3, 0.4) is 0 Å². The normalized spacial score (nSPS) is 16.0. The van der Waals surface area contributed by atoms with Crippen molar-refractivity contribution < 1.29 is 4.79 Å². The van der Waals surface area contributed by atoms with Crippen LogP contribution in [0, 0.1) is 0 Å². The van der Waals surface area contributed by atoms with E-state index in [4.69, 9.17) is 5.73 Å². The number of urea groups is 1. The number of nitrogens with zero attached hydrogens (tertiary/aromatic N) is 1. The van der Waals surface area contributed by atoms with E-state index in [1.165, 1.54) is 11.1 Å². The minimum absolute atomic E-state index is 0.541. The predicted octanol–water partition coefficient (Wildman–Crippen LogP) is 3.16. The molecule has 2 heterocycles. The predicted molar refractivity (Wildman–Crippen MR) is 90.8 cm³/mol. The second kappa shape index (κ2) is 5.85. The number of anilines is 1. The number of aromatic amines is 1. The summed E-state index contributed by atoms with van der Waals surface area (Å²) in [5, 5.41) is 3.76. The van der Waals surface area contributed by atoms with Gasteiger partial charge in [-0.15, -0.1) is 0 Å². The number of nitrogens with two attached hydrogens (primary N) is 1. The first-order chi connectivity index (χ1) is 10.5. The largest absolute Gasteiger partial charge is 0.361 e. The lowest BCUT2D eigenvalue weighted by Gasteiger charge is -2.29. The number of aromatic nitrogens is 1. The second-order valence-corrected chi connectivity index (χ2v) is 6.02. The van der Waals surface area contributed by atoms with Gasteiger partial charge in [0.05, 0.1) is 0 Å². The summed E-state index contributed by atoms with van der Waals surface area (Å²) < 4.78 is 0. The van der Waals surface area contributed by atoms with E-state index in [0.717, 1.165) is 36.1 Å². The Labute approximate surface area is 130 Å². The molecule has 1 aliphatic rings. The van der Waals surface area contributed by atoms with Crippen LogP contribution < -0.4 is 11.1 Å². The molecule has 4 N–H and O–H groups in total. The molecule has 0 aliphatic carbocycles. The monoisotopic (exact) mass is 298 g/mol. The Hall–Kier alpha value is -2.27. The summed E-state index contributed by atoms with van der Waals surface area (Å²) in [6.45, 7) is 6.52. The molecule has 3 rings (SSSR count). The maximum absolute atomic E-state index is 11.0. The second-order valence-electron chi connectivity index (χ2n) is 6.02. The summed E-state index contributed by atoms with van der Waals surface area (Å²) >= 11 is 0. The molecule has 2 amide bonds. The van der Waals surface area contributed by atoms with Crippen LogP contribution in [0.25, 0.3) is 16.5 Å². The lowest BCUT2D eigenvalue weighted by molar-refractivity contribution is 0.245. The molecule has 0 unspecified atom stereocenters. The number of nitrogens with one attached hydrogen (secondary N) is 2. The van der Waals surface area contributed by atoms with E-state index in [9.17, 15) is 4.79 Å². The molecule has 22 heavy (non-hydrogen) atoms. The molecule has 0 spiro atoms. The number of carbonyl (C=O) groups excluding carboxylic acids is 1. The highest BCUT2D eigenvalue weighted by atomic mass is 16.2. The van der Waals surface area contributed by atoms with Crippen molar-refractivity contribution in [2.45, 2.75) is 26.3 Å². The van der Waals surface area contributed by atoms with Crippen LogP contribution in [0.4, 0.5) is 10.5 Å².